The highest BCUT2D eigenvalue weighted by Crippen LogP contribution is 2.18. The molecule has 0 bridgehead atoms. The topological polar surface area (TPSA) is 87.5 Å². The fourth-order valence-corrected chi connectivity index (χ4v) is 1.71. The highest BCUT2D eigenvalue weighted by molar-refractivity contribution is 5.89. The quantitative estimate of drug-likeness (QED) is 0.786. The lowest BCUT2D eigenvalue weighted by Gasteiger charge is -2.11. The molecule has 0 aromatic carbocycles. The number of carboxylic acids is 1. The van der Waals surface area contributed by atoms with Gasteiger partial charge in [0.1, 0.15) is 0 Å². The molecule has 2 aromatic rings. The van der Waals surface area contributed by atoms with E-state index in [4.69, 9.17) is 5.11 Å². The van der Waals surface area contributed by atoms with E-state index in [-0.39, 0.29) is 17.0 Å². The summed E-state index contributed by atoms with van der Waals surface area (Å²) < 4.78 is 1.43. The number of nitrogens with zero attached hydrogens (tertiary/aromatic N) is 2. The summed E-state index contributed by atoms with van der Waals surface area (Å²) in [6.45, 7) is 3.72. The van der Waals surface area contributed by atoms with E-state index in [0.717, 1.165) is 0 Å². The fraction of sp³-hybridized carbons (Fsp3) is 0.300. The Bertz CT molecular complexity index is 609. The average Bonchev–Trinajstić information content (AvgIpc) is 2.55. The average molecular weight is 221 g/mol. The van der Waals surface area contributed by atoms with E-state index in [9.17, 15) is 9.59 Å². The number of carboxylic acid groups (broad SMARTS) is 1. The zero-order chi connectivity index (χ0) is 11.9. The molecule has 0 spiro atoms. The summed E-state index contributed by atoms with van der Waals surface area (Å²) in [5.41, 5.74) is 0.782. The molecule has 16 heavy (non-hydrogen) atoms. The number of hydrogen-bond acceptors (Lipinski definition) is 3. The first-order chi connectivity index (χ1) is 7.50. The van der Waals surface area contributed by atoms with E-state index < -0.39 is 5.97 Å². The van der Waals surface area contributed by atoms with Crippen molar-refractivity contribution in [2.75, 3.05) is 0 Å². The zero-order valence-corrected chi connectivity index (χ0v) is 8.89. The van der Waals surface area contributed by atoms with Gasteiger partial charge < -0.3 is 5.11 Å². The molecule has 2 aromatic heterocycles. The Labute approximate surface area is 90.5 Å². The summed E-state index contributed by atoms with van der Waals surface area (Å²) in [6.07, 6.45) is 1.28. The van der Waals surface area contributed by atoms with Gasteiger partial charge in [0.2, 0.25) is 0 Å². The zero-order valence-electron chi connectivity index (χ0n) is 8.89. The Balaban J connectivity index is 2.88. The molecule has 2 heterocycles. The van der Waals surface area contributed by atoms with Crippen LogP contribution in [-0.4, -0.2) is 25.7 Å². The van der Waals surface area contributed by atoms with Crippen LogP contribution in [0.4, 0.5) is 0 Å². The van der Waals surface area contributed by atoms with Gasteiger partial charge in [-0.15, -0.1) is 0 Å². The van der Waals surface area contributed by atoms with Crippen LogP contribution in [0.3, 0.4) is 0 Å². The first-order valence-electron chi connectivity index (χ1n) is 4.84. The minimum Gasteiger partial charge on any atom is -0.478 e. The van der Waals surface area contributed by atoms with Gasteiger partial charge in [-0.25, -0.2) is 14.3 Å². The Morgan fingerprint density at radius 2 is 2.25 bits per heavy atom. The largest absolute Gasteiger partial charge is 0.478 e. The Morgan fingerprint density at radius 1 is 1.56 bits per heavy atom. The highest BCUT2D eigenvalue weighted by atomic mass is 16.4. The first kappa shape index (κ1) is 10.4. The Morgan fingerprint density at radius 3 is 2.81 bits per heavy atom. The predicted octanol–water partition coefficient (Wildman–Crippen LogP) is 0.844. The predicted molar refractivity (Wildman–Crippen MR) is 56.9 cm³/mol. The summed E-state index contributed by atoms with van der Waals surface area (Å²) in [5, 5.41) is 11.6. The van der Waals surface area contributed by atoms with E-state index in [1.165, 1.54) is 16.8 Å². The number of carbonyl (C=O) groups is 1. The number of aromatic carboxylic acids is 1. The monoisotopic (exact) mass is 221 g/mol. The Kier molecular flexibility index (Phi) is 2.26. The number of hydrogen-bond donors (Lipinski definition) is 2. The second kappa shape index (κ2) is 3.48. The van der Waals surface area contributed by atoms with Crippen LogP contribution in [0.5, 0.6) is 0 Å². The molecule has 0 saturated heterocycles. The SMILES string of the molecule is CC(C)c1c(C(=O)O)cnc2cc(=O)[nH]n12. The van der Waals surface area contributed by atoms with Gasteiger partial charge in [-0.3, -0.25) is 9.89 Å². The number of aromatic amines is 1. The van der Waals surface area contributed by atoms with E-state index >= 15 is 0 Å². The van der Waals surface area contributed by atoms with E-state index in [1.807, 2.05) is 13.8 Å². The van der Waals surface area contributed by atoms with Gasteiger partial charge in [0.15, 0.2) is 5.65 Å². The molecular weight excluding hydrogens is 210 g/mol. The third-order valence-electron chi connectivity index (χ3n) is 2.33. The molecule has 0 unspecified atom stereocenters. The molecule has 0 aliphatic heterocycles. The minimum absolute atomic E-state index is 0.0281. The van der Waals surface area contributed by atoms with Gasteiger partial charge >= 0.3 is 5.97 Å². The lowest BCUT2D eigenvalue weighted by molar-refractivity contribution is 0.0694. The molecule has 0 aliphatic carbocycles. The lowest BCUT2D eigenvalue weighted by Crippen LogP contribution is -2.12. The maximum absolute atomic E-state index is 11.2. The van der Waals surface area contributed by atoms with Crippen LogP contribution >= 0.6 is 0 Å². The molecule has 84 valence electrons. The van der Waals surface area contributed by atoms with Crippen molar-refractivity contribution in [3.05, 3.63) is 33.9 Å². The smallest absolute Gasteiger partial charge is 0.339 e. The molecule has 0 atom stereocenters. The molecular formula is C10H11N3O3. The maximum atomic E-state index is 11.2. The van der Waals surface area contributed by atoms with Crippen molar-refractivity contribution in [2.45, 2.75) is 19.8 Å². The molecule has 0 fully saturated rings. The number of rotatable bonds is 2. The van der Waals surface area contributed by atoms with Crippen LogP contribution in [0.1, 0.15) is 35.8 Å². The van der Waals surface area contributed by atoms with Crippen molar-refractivity contribution in [1.82, 2.24) is 14.6 Å². The van der Waals surface area contributed by atoms with E-state index in [1.54, 1.807) is 0 Å². The number of fused-ring (bicyclic) bond motifs is 1. The van der Waals surface area contributed by atoms with Crippen LogP contribution in [0, 0.1) is 0 Å². The van der Waals surface area contributed by atoms with Gasteiger partial charge in [-0.05, 0) is 5.92 Å². The number of aromatic nitrogens is 3. The molecule has 0 saturated carbocycles. The van der Waals surface area contributed by atoms with Crippen molar-refractivity contribution in [1.29, 1.82) is 0 Å². The second-order valence-electron chi connectivity index (χ2n) is 3.83. The summed E-state index contributed by atoms with van der Waals surface area (Å²) in [7, 11) is 0. The highest BCUT2D eigenvalue weighted by Gasteiger charge is 2.17. The van der Waals surface area contributed by atoms with Gasteiger partial charge in [0.25, 0.3) is 5.56 Å². The minimum atomic E-state index is -1.05. The van der Waals surface area contributed by atoms with Crippen LogP contribution in [0.25, 0.3) is 5.65 Å². The van der Waals surface area contributed by atoms with Crippen LogP contribution in [0.15, 0.2) is 17.1 Å². The molecule has 0 aliphatic rings. The summed E-state index contributed by atoms with van der Waals surface area (Å²) in [6, 6.07) is 1.33. The molecule has 2 rings (SSSR count). The van der Waals surface area contributed by atoms with Crippen molar-refractivity contribution < 1.29 is 9.90 Å². The molecule has 6 heteroatoms. The van der Waals surface area contributed by atoms with E-state index in [2.05, 4.69) is 10.1 Å². The third kappa shape index (κ3) is 1.48. The van der Waals surface area contributed by atoms with Crippen molar-refractivity contribution in [3.63, 3.8) is 0 Å². The second-order valence-corrected chi connectivity index (χ2v) is 3.83. The third-order valence-corrected chi connectivity index (χ3v) is 2.33. The summed E-state index contributed by atoms with van der Waals surface area (Å²) >= 11 is 0. The van der Waals surface area contributed by atoms with Crippen LogP contribution in [0.2, 0.25) is 0 Å². The van der Waals surface area contributed by atoms with Crippen molar-refractivity contribution in [3.8, 4) is 0 Å². The van der Waals surface area contributed by atoms with E-state index in [0.29, 0.717) is 11.3 Å². The summed E-state index contributed by atoms with van der Waals surface area (Å²) in [5.74, 6) is -1.08. The number of H-pyrrole nitrogens is 1. The molecule has 0 radical (unpaired) electrons. The maximum Gasteiger partial charge on any atom is 0.339 e. The van der Waals surface area contributed by atoms with Gasteiger partial charge in [-0.2, -0.15) is 0 Å². The molecule has 6 nitrogen and oxygen atoms in total. The van der Waals surface area contributed by atoms with Crippen LogP contribution < -0.4 is 5.56 Å². The normalized spacial score (nSPS) is 11.2. The van der Waals surface area contributed by atoms with Gasteiger partial charge in [-0.1, -0.05) is 13.8 Å². The Hall–Kier alpha value is -2.11. The van der Waals surface area contributed by atoms with Crippen molar-refractivity contribution in [2.24, 2.45) is 0 Å². The fourth-order valence-electron chi connectivity index (χ4n) is 1.71. The van der Waals surface area contributed by atoms with Crippen molar-refractivity contribution >= 4 is 11.6 Å². The van der Waals surface area contributed by atoms with Crippen LogP contribution in [-0.2, 0) is 0 Å². The van der Waals surface area contributed by atoms with Gasteiger partial charge in [0.05, 0.1) is 11.3 Å². The standard InChI is InChI=1S/C10H11N3O3/c1-5(2)9-6(10(15)16)4-11-7-3-8(14)12-13(7)9/h3-5H,1-2H3,(H,12,14)(H,15,16). The molecule has 0 amide bonds. The molecule has 2 N–H and O–H groups in total. The summed E-state index contributed by atoms with van der Waals surface area (Å²) in [4.78, 5) is 26.1. The first-order valence-corrected chi connectivity index (χ1v) is 4.84. The number of nitrogens with one attached hydrogen (secondary N) is 1. The van der Waals surface area contributed by atoms with Gasteiger partial charge in [0, 0.05) is 12.3 Å². The lowest BCUT2D eigenvalue weighted by atomic mass is 10.1.